The fourth-order valence-corrected chi connectivity index (χ4v) is 1.99. The number of nitrogens with one attached hydrogen (secondary N) is 1. The predicted octanol–water partition coefficient (Wildman–Crippen LogP) is 4.31. The molecular weight excluding hydrogens is 274 g/mol. The maximum atomic E-state index is 6.04. The maximum Gasteiger partial charge on any atom is 0.135 e. The Hall–Kier alpha value is -1.81. The average molecular weight is 292 g/mol. The van der Waals surface area contributed by atoms with Crippen molar-refractivity contribution >= 4 is 23.1 Å². The summed E-state index contributed by atoms with van der Waals surface area (Å²) in [6.45, 7) is 6.08. The molecule has 2 rings (SSSR count). The van der Waals surface area contributed by atoms with Gasteiger partial charge in [-0.3, -0.25) is 0 Å². The van der Waals surface area contributed by atoms with Gasteiger partial charge >= 0.3 is 0 Å². The summed E-state index contributed by atoms with van der Waals surface area (Å²) in [6.07, 6.45) is 0. The highest BCUT2D eigenvalue weighted by atomic mass is 35.5. The van der Waals surface area contributed by atoms with Crippen LogP contribution in [-0.4, -0.2) is 17.1 Å². The monoisotopic (exact) mass is 291 g/mol. The van der Waals surface area contributed by atoms with Gasteiger partial charge in [0.1, 0.15) is 22.5 Å². The van der Waals surface area contributed by atoms with E-state index in [1.807, 2.05) is 39.0 Å². The van der Waals surface area contributed by atoms with Crippen LogP contribution in [0.15, 0.2) is 24.3 Å². The number of rotatable bonds is 4. The van der Waals surface area contributed by atoms with Gasteiger partial charge in [-0.2, -0.15) is 0 Å². The molecule has 0 aliphatic rings. The summed E-state index contributed by atoms with van der Waals surface area (Å²) >= 11 is 6.04. The lowest BCUT2D eigenvalue weighted by atomic mass is 10.2. The number of ether oxygens (including phenoxy) is 1. The summed E-state index contributed by atoms with van der Waals surface area (Å²) in [7, 11) is 1.65. The number of methoxy groups -OCH3 is 1. The first-order valence-electron chi connectivity index (χ1n) is 6.45. The molecule has 0 fully saturated rings. The SMILES string of the molecule is COc1ccc(Nc2cc(Cl)nc(C(C)C)n2)c(C)c1. The molecule has 0 bridgehead atoms. The summed E-state index contributed by atoms with van der Waals surface area (Å²) in [6, 6.07) is 7.55. The van der Waals surface area contributed by atoms with Gasteiger partial charge in [-0.25, -0.2) is 9.97 Å². The molecule has 0 saturated heterocycles. The van der Waals surface area contributed by atoms with Crippen LogP contribution in [0.2, 0.25) is 5.15 Å². The van der Waals surface area contributed by atoms with E-state index in [-0.39, 0.29) is 5.92 Å². The Bertz CT molecular complexity index is 614. The zero-order valence-corrected chi connectivity index (χ0v) is 12.8. The Balaban J connectivity index is 2.30. The van der Waals surface area contributed by atoms with E-state index in [4.69, 9.17) is 16.3 Å². The van der Waals surface area contributed by atoms with Crippen molar-refractivity contribution in [3.8, 4) is 5.75 Å². The maximum absolute atomic E-state index is 6.04. The van der Waals surface area contributed by atoms with Crippen LogP contribution in [0.1, 0.15) is 31.2 Å². The van der Waals surface area contributed by atoms with Crippen LogP contribution < -0.4 is 10.1 Å². The van der Waals surface area contributed by atoms with Crippen molar-refractivity contribution in [1.29, 1.82) is 0 Å². The fourth-order valence-electron chi connectivity index (χ4n) is 1.80. The van der Waals surface area contributed by atoms with Gasteiger partial charge in [-0.1, -0.05) is 25.4 Å². The molecule has 2 aromatic rings. The fraction of sp³-hybridized carbons (Fsp3) is 0.333. The van der Waals surface area contributed by atoms with E-state index in [0.29, 0.717) is 11.0 Å². The van der Waals surface area contributed by atoms with Crippen LogP contribution in [-0.2, 0) is 0 Å². The van der Waals surface area contributed by atoms with Crippen molar-refractivity contribution in [2.45, 2.75) is 26.7 Å². The average Bonchev–Trinajstić information content (AvgIpc) is 2.40. The minimum Gasteiger partial charge on any atom is -0.497 e. The van der Waals surface area contributed by atoms with E-state index in [2.05, 4.69) is 15.3 Å². The molecule has 0 radical (unpaired) electrons. The number of nitrogens with zero attached hydrogens (tertiary/aromatic N) is 2. The van der Waals surface area contributed by atoms with Gasteiger partial charge in [0.05, 0.1) is 7.11 Å². The molecule has 5 heteroatoms. The quantitative estimate of drug-likeness (QED) is 0.853. The van der Waals surface area contributed by atoms with E-state index in [1.54, 1.807) is 13.2 Å². The third kappa shape index (κ3) is 3.39. The van der Waals surface area contributed by atoms with Crippen molar-refractivity contribution in [2.24, 2.45) is 0 Å². The van der Waals surface area contributed by atoms with Crippen molar-refractivity contribution < 1.29 is 4.74 Å². The number of halogens is 1. The van der Waals surface area contributed by atoms with E-state index in [1.165, 1.54) is 0 Å². The van der Waals surface area contributed by atoms with Crippen LogP contribution in [0.25, 0.3) is 0 Å². The van der Waals surface area contributed by atoms with Gasteiger partial charge < -0.3 is 10.1 Å². The number of benzene rings is 1. The molecule has 0 saturated carbocycles. The summed E-state index contributed by atoms with van der Waals surface area (Å²) in [5, 5.41) is 3.71. The third-order valence-corrected chi connectivity index (χ3v) is 3.12. The molecule has 0 atom stereocenters. The summed E-state index contributed by atoms with van der Waals surface area (Å²) in [4.78, 5) is 8.69. The molecule has 0 unspecified atom stereocenters. The lowest BCUT2D eigenvalue weighted by Gasteiger charge is -2.12. The molecule has 4 nitrogen and oxygen atoms in total. The second-order valence-corrected chi connectivity index (χ2v) is 5.28. The number of anilines is 2. The normalized spacial score (nSPS) is 10.7. The highest BCUT2D eigenvalue weighted by molar-refractivity contribution is 6.29. The topological polar surface area (TPSA) is 47.0 Å². The Kier molecular flexibility index (Phi) is 4.45. The van der Waals surface area contributed by atoms with Crippen LogP contribution >= 0.6 is 11.6 Å². The first-order valence-corrected chi connectivity index (χ1v) is 6.83. The van der Waals surface area contributed by atoms with Crippen LogP contribution in [0, 0.1) is 6.92 Å². The molecule has 106 valence electrons. The van der Waals surface area contributed by atoms with Crippen molar-refractivity contribution in [3.05, 3.63) is 40.8 Å². The second kappa shape index (κ2) is 6.09. The van der Waals surface area contributed by atoms with Gasteiger partial charge in [-0.15, -0.1) is 0 Å². The molecule has 0 spiro atoms. The predicted molar refractivity (Wildman–Crippen MR) is 82.1 cm³/mol. The van der Waals surface area contributed by atoms with Crippen molar-refractivity contribution in [2.75, 3.05) is 12.4 Å². The van der Waals surface area contributed by atoms with Crippen LogP contribution in [0.5, 0.6) is 5.75 Å². The minimum absolute atomic E-state index is 0.228. The first-order chi connectivity index (χ1) is 9.49. The second-order valence-electron chi connectivity index (χ2n) is 4.89. The standard InChI is InChI=1S/C15H18ClN3O/c1-9(2)15-18-13(16)8-14(19-15)17-12-6-5-11(20-4)7-10(12)3/h5-9H,1-4H3,(H,17,18,19). The lowest BCUT2D eigenvalue weighted by Crippen LogP contribution is -2.03. The Labute approximate surface area is 124 Å². The van der Waals surface area contributed by atoms with Gasteiger partial charge in [0.15, 0.2) is 0 Å². The Morgan fingerprint density at radius 3 is 2.55 bits per heavy atom. The molecule has 1 heterocycles. The molecule has 20 heavy (non-hydrogen) atoms. The Morgan fingerprint density at radius 1 is 1.20 bits per heavy atom. The number of hydrogen-bond donors (Lipinski definition) is 1. The van der Waals surface area contributed by atoms with E-state index < -0.39 is 0 Å². The highest BCUT2D eigenvalue weighted by Crippen LogP contribution is 2.25. The van der Waals surface area contributed by atoms with E-state index >= 15 is 0 Å². The Morgan fingerprint density at radius 2 is 1.95 bits per heavy atom. The minimum atomic E-state index is 0.228. The van der Waals surface area contributed by atoms with Gasteiger partial charge in [0.25, 0.3) is 0 Å². The summed E-state index contributed by atoms with van der Waals surface area (Å²) in [5.74, 6) is 2.48. The molecule has 1 N–H and O–H groups in total. The van der Waals surface area contributed by atoms with Crippen molar-refractivity contribution in [1.82, 2.24) is 9.97 Å². The number of hydrogen-bond acceptors (Lipinski definition) is 4. The van der Waals surface area contributed by atoms with Gasteiger partial charge in [-0.05, 0) is 30.7 Å². The molecule has 1 aromatic carbocycles. The van der Waals surface area contributed by atoms with Crippen LogP contribution in [0.3, 0.4) is 0 Å². The largest absolute Gasteiger partial charge is 0.497 e. The zero-order valence-electron chi connectivity index (χ0n) is 12.1. The zero-order chi connectivity index (χ0) is 14.7. The first kappa shape index (κ1) is 14.6. The van der Waals surface area contributed by atoms with Crippen LogP contribution in [0.4, 0.5) is 11.5 Å². The third-order valence-electron chi connectivity index (χ3n) is 2.92. The van der Waals surface area contributed by atoms with Gasteiger partial charge in [0, 0.05) is 17.7 Å². The van der Waals surface area contributed by atoms with Crippen molar-refractivity contribution in [3.63, 3.8) is 0 Å². The summed E-state index contributed by atoms with van der Waals surface area (Å²) in [5.41, 5.74) is 2.04. The molecule has 1 aromatic heterocycles. The van der Waals surface area contributed by atoms with E-state index in [0.717, 1.165) is 22.8 Å². The molecule has 0 aliphatic heterocycles. The molecule has 0 amide bonds. The lowest BCUT2D eigenvalue weighted by molar-refractivity contribution is 0.414. The number of aromatic nitrogens is 2. The highest BCUT2D eigenvalue weighted by Gasteiger charge is 2.08. The summed E-state index contributed by atoms with van der Waals surface area (Å²) < 4.78 is 5.20. The number of aryl methyl sites for hydroxylation is 1. The van der Waals surface area contributed by atoms with E-state index in [9.17, 15) is 0 Å². The smallest absolute Gasteiger partial charge is 0.135 e. The molecule has 0 aliphatic carbocycles. The molecular formula is C15H18ClN3O. The van der Waals surface area contributed by atoms with Gasteiger partial charge in [0.2, 0.25) is 0 Å².